The summed E-state index contributed by atoms with van der Waals surface area (Å²) < 4.78 is 23.6. The molecule has 0 aliphatic carbocycles. The molecule has 0 aliphatic rings. The number of rotatable bonds is 2. The molecule has 0 amide bonds. The molecule has 0 N–H and O–H groups in total. The minimum Gasteiger partial charge on any atom is -0.496 e. The van der Waals surface area contributed by atoms with E-state index in [1.807, 2.05) is 0 Å². The lowest BCUT2D eigenvalue weighted by atomic mass is 10.1. The van der Waals surface area contributed by atoms with Gasteiger partial charge in [-0.25, -0.2) is 9.37 Å². The van der Waals surface area contributed by atoms with Crippen LogP contribution in [-0.2, 0) is 0 Å². The van der Waals surface area contributed by atoms with E-state index < -0.39 is 5.82 Å². The summed E-state index contributed by atoms with van der Waals surface area (Å²) in [4.78, 5) is 4.29. The van der Waals surface area contributed by atoms with E-state index in [-0.39, 0.29) is 0 Å². The van der Waals surface area contributed by atoms with Crippen LogP contribution >= 0.6 is 15.9 Å². The van der Waals surface area contributed by atoms with Gasteiger partial charge in [0.05, 0.1) is 12.7 Å². The molecule has 0 unspecified atom stereocenters. The Hall–Kier alpha value is -1.36. The second-order valence-corrected chi connectivity index (χ2v) is 3.48. The molecule has 5 heteroatoms. The topological polar surface area (TPSA) is 35.3 Å². The standard InChI is InChI=1S/C10H7BrFNO2/c1-14-8-4-2-3-6(12)9(8)7-5-15-10(11)13-7/h2-5H,1H3. The third kappa shape index (κ3) is 1.87. The van der Waals surface area contributed by atoms with Crippen molar-refractivity contribution in [3.63, 3.8) is 0 Å². The van der Waals surface area contributed by atoms with E-state index in [4.69, 9.17) is 9.15 Å². The predicted molar refractivity (Wildman–Crippen MR) is 56.1 cm³/mol. The van der Waals surface area contributed by atoms with Crippen LogP contribution in [0.1, 0.15) is 0 Å². The molecule has 0 radical (unpaired) electrons. The quantitative estimate of drug-likeness (QED) is 0.841. The highest BCUT2D eigenvalue weighted by molar-refractivity contribution is 9.10. The van der Waals surface area contributed by atoms with E-state index in [9.17, 15) is 4.39 Å². The highest BCUT2D eigenvalue weighted by Gasteiger charge is 2.14. The highest BCUT2D eigenvalue weighted by Crippen LogP contribution is 2.32. The van der Waals surface area contributed by atoms with Gasteiger partial charge in [0.15, 0.2) is 0 Å². The molecule has 0 fully saturated rings. The van der Waals surface area contributed by atoms with Crippen LogP contribution in [0.15, 0.2) is 33.7 Å². The zero-order valence-electron chi connectivity index (χ0n) is 7.83. The van der Waals surface area contributed by atoms with Crippen LogP contribution in [0.2, 0.25) is 0 Å². The average Bonchev–Trinajstić information content (AvgIpc) is 2.64. The first-order chi connectivity index (χ1) is 7.22. The van der Waals surface area contributed by atoms with E-state index in [1.54, 1.807) is 12.1 Å². The third-order valence-electron chi connectivity index (χ3n) is 1.93. The van der Waals surface area contributed by atoms with E-state index >= 15 is 0 Å². The van der Waals surface area contributed by atoms with Gasteiger partial charge in [0.2, 0.25) is 0 Å². The number of ether oxygens (including phenoxy) is 1. The molecular formula is C10H7BrFNO2. The van der Waals surface area contributed by atoms with E-state index in [1.165, 1.54) is 19.4 Å². The van der Waals surface area contributed by atoms with Crippen LogP contribution in [0.3, 0.4) is 0 Å². The largest absolute Gasteiger partial charge is 0.496 e. The van der Waals surface area contributed by atoms with Crippen molar-refractivity contribution >= 4 is 15.9 Å². The fraction of sp³-hybridized carbons (Fsp3) is 0.100. The van der Waals surface area contributed by atoms with Gasteiger partial charge in [-0.05, 0) is 12.1 Å². The van der Waals surface area contributed by atoms with Crippen LogP contribution in [0.4, 0.5) is 4.39 Å². The molecule has 0 spiro atoms. The second kappa shape index (κ2) is 4.02. The molecule has 0 aliphatic heterocycles. The number of methoxy groups -OCH3 is 1. The fourth-order valence-corrected chi connectivity index (χ4v) is 1.57. The summed E-state index contributed by atoms with van der Waals surface area (Å²) in [5.41, 5.74) is 0.700. The lowest BCUT2D eigenvalue weighted by Crippen LogP contribution is -1.91. The molecule has 0 bridgehead atoms. The zero-order valence-corrected chi connectivity index (χ0v) is 9.42. The van der Waals surface area contributed by atoms with Gasteiger partial charge in [-0.1, -0.05) is 6.07 Å². The van der Waals surface area contributed by atoms with Crippen LogP contribution < -0.4 is 4.74 Å². The molecule has 0 saturated heterocycles. The lowest BCUT2D eigenvalue weighted by molar-refractivity contribution is 0.413. The van der Waals surface area contributed by atoms with E-state index in [0.717, 1.165) is 0 Å². The van der Waals surface area contributed by atoms with Gasteiger partial charge in [0, 0.05) is 15.9 Å². The maximum atomic E-state index is 13.6. The molecule has 0 saturated carbocycles. The number of hydrogen-bond acceptors (Lipinski definition) is 3. The van der Waals surface area contributed by atoms with Crippen LogP contribution in [0.5, 0.6) is 5.75 Å². The predicted octanol–water partition coefficient (Wildman–Crippen LogP) is 3.25. The number of aromatic nitrogens is 1. The molecule has 0 atom stereocenters. The second-order valence-electron chi connectivity index (χ2n) is 2.80. The van der Waals surface area contributed by atoms with Crippen molar-refractivity contribution in [1.82, 2.24) is 4.98 Å². The fourth-order valence-electron chi connectivity index (χ4n) is 1.29. The molecule has 1 aromatic heterocycles. The number of halogens is 2. The van der Waals surface area contributed by atoms with Gasteiger partial charge in [-0.2, -0.15) is 0 Å². The van der Waals surface area contributed by atoms with Gasteiger partial charge in [0.1, 0.15) is 23.5 Å². The Morgan fingerprint density at radius 1 is 1.47 bits per heavy atom. The smallest absolute Gasteiger partial charge is 0.264 e. The first-order valence-electron chi connectivity index (χ1n) is 4.16. The van der Waals surface area contributed by atoms with E-state index in [2.05, 4.69) is 20.9 Å². The Morgan fingerprint density at radius 2 is 2.27 bits per heavy atom. The Balaban J connectivity index is 2.60. The summed E-state index contributed by atoms with van der Waals surface area (Å²) in [7, 11) is 1.48. The van der Waals surface area contributed by atoms with Gasteiger partial charge < -0.3 is 9.15 Å². The van der Waals surface area contributed by atoms with Crippen molar-refractivity contribution < 1.29 is 13.5 Å². The van der Waals surface area contributed by atoms with Crippen molar-refractivity contribution in [3.8, 4) is 17.0 Å². The monoisotopic (exact) mass is 271 g/mol. The molecule has 1 aromatic carbocycles. The van der Waals surface area contributed by atoms with E-state index in [0.29, 0.717) is 21.8 Å². The van der Waals surface area contributed by atoms with Crippen molar-refractivity contribution in [2.24, 2.45) is 0 Å². The highest BCUT2D eigenvalue weighted by atomic mass is 79.9. The molecule has 78 valence electrons. The molecular weight excluding hydrogens is 265 g/mol. The molecule has 2 rings (SSSR count). The van der Waals surface area contributed by atoms with Gasteiger partial charge in [-0.15, -0.1) is 0 Å². The molecule has 1 heterocycles. The lowest BCUT2D eigenvalue weighted by Gasteiger charge is -2.05. The number of benzene rings is 1. The Morgan fingerprint density at radius 3 is 2.87 bits per heavy atom. The van der Waals surface area contributed by atoms with Crippen molar-refractivity contribution in [1.29, 1.82) is 0 Å². The minimum absolute atomic E-state index is 0.300. The molecule has 3 nitrogen and oxygen atoms in total. The van der Waals surface area contributed by atoms with Crippen molar-refractivity contribution in [2.75, 3.05) is 7.11 Å². The van der Waals surface area contributed by atoms with Gasteiger partial charge in [0.25, 0.3) is 4.80 Å². The Labute approximate surface area is 94.0 Å². The number of oxazole rings is 1. The maximum absolute atomic E-state index is 13.6. The number of nitrogens with zero attached hydrogens (tertiary/aromatic N) is 1. The first-order valence-corrected chi connectivity index (χ1v) is 4.95. The normalized spacial score (nSPS) is 10.3. The summed E-state index contributed by atoms with van der Waals surface area (Å²) in [6, 6.07) is 4.59. The zero-order chi connectivity index (χ0) is 10.8. The maximum Gasteiger partial charge on any atom is 0.264 e. The summed E-state index contributed by atoms with van der Waals surface area (Å²) in [6.07, 6.45) is 1.37. The molecule has 2 aromatic rings. The van der Waals surface area contributed by atoms with Gasteiger partial charge in [-0.3, -0.25) is 0 Å². The Bertz CT molecular complexity index is 484. The first kappa shape index (κ1) is 10.2. The average molecular weight is 272 g/mol. The third-order valence-corrected chi connectivity index (χ3v) is 2.29. The van der Waals surface area contributed by atoms with Crippen molar-refractivity contribution in [3.05, 3.63) is 35.1 Å². The van der Waals surface area contributed by atoms with Crippen molar-refractivity contribution in [2.45, 2.75) is 0 Å². The summed E-state index contributed by atoms with van der Waals surface area (Å²) in [6.45, 7) is 0. The Kier molecular flexibility index (Phi) is 2.73. The minimum atomic E-state index is -0.393. The van der Waals surface area contributed by atoms with Gasteiger partial charge >= 0.3 is 0 Å². The number of hydrogen-bond donors (Lipinski definition) is 0. The SMILES string of the molecule is COc1cccc(F)c1-c1coc(Br)n1. The summed E-state index contributed by atoms with van der Waals surface area (Å²) in [5.74, 6) is 0.0333. The molecule has 15 heavy (non-hydrogen) atoms. The van der Waals surface area contributed by atoms with Crippen LogP contribution in [-0.4, -0.2) is 12.1 Å². The summed E-state index contributed by atoms with van der Waals surface area (Å²) in [5, 5.41) is 0. The summed E-state index contributed by atoms with van der Waals surface area (Å²) >= 11 is 3.06. The van der Waals surface area contributed by atoms with Crippen LogP contribution in [0, 0.1) is 5.82 Å². The van der Waals surface area contributed by atoms with Crippen LogP contribution in [0.25, 0.3) is 11.3 Å².